The summed E-state index contributed by atoms with van der Waals surface area (Å²) in [6.07, 6.45) is 4.24. The molecule has 2 amide bonds. The Kier molecular flexibility index (Phi) is 99.4. The van der Waals surface area contributed by atoms with Crippen LogP contribution in [0.15, 0.2) is 86.1 Å². The fraction of sp³-hybridized carbons (Fsp3) is 0.543. The Labute approximate surface area is 433 Å². The summed E-state index contributed by atoms with van der Waals surface area (Å²) in [6, 6.07) is 0. The predicted molar refractivity (Wildman–Crippen MR) is 272 cm³/mol. The molecule has 0 radical (unpaired) electrons. The van der Waals surface area contributed by atoms with Crippen molar-refractivity contribution >= 4 is 41.7 Å². The second-order valence-corrected chi connectivity index (χ2v) is 12.5. The van der Waals surface area contributed by atoms with Crippen LogP contribution in [0, 0.1) is 5.41 Å². The number of esters is 1. The summed E-state index contributed by atoms with van der Waals surface area (Å²) in [4.78, 5) is 68.5. The number of amides is 2. The molecule has 74 heavy (non-hydrogen) atoms. The van der Waals surface area contributed by atoms with Gasteiger partial charge in [0.15, 0.2) is 0 Å². The van der Waals surface area contributed by atoms with Crippen molar-refractivity contribution < 1.29 is 129 Å². The molecule has 28 nitrogen and oxygen atoms in total. The number of ether oxygens (including phenoxy) is 3. The maximum Gasteiger partial charge on any atom is 0.330 e. The van der Waals surface area contributed by atoms with E-state index in [-0.39, 0.29) is 95.9 Å². The van der Waals surface area contributed by atoms with Gasteiger partial charge in [0.2, 0.25) is 11.8 Å². The molecule has 0 aromatic heterocycles. The molecule has 0 aliphatic rings. The highest BCUT2D eigenvalue weighted by molar-refractivity contribution is 5.92. The Morgan fingerprint density at radius 3 is 0.919 bits per heavy atom. The van der Waals surface area contributed by atoms with Crippen LogP contribution in [0.4, 0.5) is 0 Å². The monoisotopic (exact) mass is 1080 g/mol. The van der Waals surface area contributed by atoms with E-state index in [1.165, 1.54) is 21.0 Å². The number of carbonyl (C=O) groups excluding carboxylic acids is 3. The van der Waals surface area contributed by atoms with Gasteiger partial charge in [-0.25, -0.2) is 24.0 Å². The summed E-state index contributed by atoms with van der Waals surface area (Å²) in [5, 5.41) is 134. The molecule has 18 N–H and O–H groups in total. The Morgan fingerprint density at radius 2 is 0.865 bits per heavy atom. The number of methoxy groups -OCH3 is 1. The van der Waals surface area contributed by atoms with E-state index in [2.05, 4.69) is 64.3 Å². The first-order valence-corrected chi connectivity index (χ1v) is 21.0. The molecule has 0 atom stereocenters. The first kappa shape index (κ1) is 93.9. The molecular weight excluding hydrogens is 996 g/mol. The van der Waals surface area contributed by atoms with Crippen molar-refractivity contribution in [2.75, 3.05) is 106 Å². The van der Waals surface area contributed by atoms with Gasteiger partial charge in [0.05, 0.1) is 93.0 Å². The van der Waals surface area contributed by atoms with Crippen LogP contribution < -0.4 is 10.6 Å². The molecule has 0 aliphatic heterocycles. The molecule has 0 aromatic rings. The second kappa shape index (κ2) is 78.3. The fourth-order valence-corrected chi connectivity index (χ4v) is 1.59. The summed E-state index contributed by atoms with van der Waals surface area (Å²) in [7, 11) is 1.31. The predicted octanol–water partition coefficient (Wildman–Crippen LogP) is -2.53. The fourth-order valence-electron chi connectivity index (χ4n) is 1.59. The number of aliphatic hydroxyl groups is 12. The molecule has 0 heterocycles. The third-order valence-electron chi connectivity index (χ3n) is 6.23. The largest absolute Gasteiger partial charge is 0.478 e. The molecule has 0 aliphatic carbocycles. The van der Waals surface area contributed by atoms with Gasteiger partial charge in [-0.2, -0.15) is 0 Å². The van der Waals surface area contributed by atoms with Gasteiger partial charge < -0.3 is 107 Å². The molecular formula is C46H88N2O26. The minimum absolute atomic E-state index is 0.0278. The SMILES string of the molecule is C=C(C)C(=O)NCO.C=C(C)C(=O)O.C=C(C)C(=O)O.C=CC(=O)NCO.C=CC(=O)O.C=CC(=O)OC.CC=C(C)C(=O)O.CCC(CO)(CO)CO.OCC(O)CO.OCCOCCO.OCCOCCO. The maximum absolute atomic E-state index is 10.4. The maximum atomic E-state index is 10.4. The number of aliphatic carboxylic acids is 4. The van der Waals surface area contributed by atoms with Crippen LogP contribution in [-0.4, -0.2) is 236 Å². The van der Waals surface area contributed by atoms with E-state index in [4.69, 9.17) is 81.7 Å². The zero-order valence-corrected chi connectivity index (χ0v) is 43.7. The van der Waals surface area contributed by atoms with E-state index < -0.39 is 41.4 Å². The van der Waals surface area contributed by atoms with Crippen LogP contribution >= 0.6 is 0 Å². The standard InChI is InChI=1S/C6H14O3.C5H9NO2.C5H8O2.C4H7NO2.2C4H10O3.3C4H6O2.C3H8O3.C3H4O2/c1-2-6(3-7,4-8)5-9;1-4(2)5(8)6-3-7;1-3-4(2)5(6)7;1-2-4(7)5-3-6;2*5-1-3-7-4-2-6;1-3-4(5)6-2;2*1-3(2)4(5)6;4-1-3(6)2-5;1-2-3(4)5/h7-9H,2-5H2,1H3;7H,1,3H2,2H3,(H,6,8);3H,1-2H3,(H,6,7);2,6H,1,3H2,(H,5,7);2*5-6H,1-4H2;3H,1H2,2H3;2*1H2,2H3,(H,5,6);3-6H,1-2H2;2H,1H2,(H,4,5). The minimum atomic E-state index is -0.981. The van der Waals surface area contributed by atoms with Gasteiger partial charge in [-0.1, -0.05) is 52.5 Å². The molecule has 0 rings (SSSR count). The van der Waals surface area contributed by atoms with E-state index in [1.807, 2.05) is 6.92 Å². The van der Waals surface area contributed by atoms with Crippen molar-refractivity contribution in [1.29, 1.82) is 0 Å². The highest BCUT2D eigenvalue weighted by Gasteiger charge is 2.24. The van der Waals surface area contributed by atoms with Crippen molar-refractivity contribution in [1.82, 2.24) is 10.6 Å². The van der Waals surface area contributed by atoms with Gasteiger partial charge in [0.1, 0.15) is 19.6 Å². The van der Waals surface area contributed by atoms with Crippen molar-refractivity contribution in [2.24, 2.45) is 5.41 Å². The highest BCUT2D eigenvalue weighted by Crippen LogP contribution is 2.18. The third-order valence-corrected chi connectivity index (χ3v) is 6.23. The third kappa shape index (κ3) is 111. The Bertz CT molecular complexity index is 1370. The number of carboxylic acid groups (broad SMARTS) is 4. The van der Waals surface area contributed by atoms with E-state index in [9.17, 15) is 33.6 Å². The number of nitrogens with one attached hydrogen (secondary N) is 2. The van der Waals surface area contributed by atoms with Crippen LogP contribution in [0.5, 0.6) is 0 Å². The normalized spacial score (nSPS) is 8.95. The van der Waals surface area contributed by atoms with Gasteiger partial charge >= 0.3 is 29.8 Å². The number of hydrogen-bond acceptors (Lipinski definition) is 22. The minimum Gasteiger partial charge on any atom is -0.478 e. The lowest BCUT2D eigenvalue weighted by Crippen LogP contribution is -2.32. The smallest absolute Gasteiger partial charge is 0.330 e. The zero-order valence-electron chi connectivity index (χ0n) is 43.7. The van der Waals surface area contributed by atoms with E-state index in [1.54, 1.807) is 26.8 Å². The summed E-state index contributed by atoms with van der Waals surface area (Å²) in [5.41, 5.74) is 0.476. The highest BCUT2D eigenvalue weighted by atomic mass is 16.5. The summed E-state index contributed by atoms with van der Waals surface area (Å²) in [5.74, 6) is -4.76. The number of hydrogen-bond donors (Lipinski definition) is 18. The quantitative estimate of drug-likeness (QED) is 0.0217. The summed E-state index contributed by atoms with van der Waals surface area (Å²) in [6.45, 7) is 28.0. The first-order valence-electron chi connectivity index (χ1n) is 21.0. The van der Waals surface area contributed by atoms with E-state index in [0.29, 0.717) is 44.0 Å². The van der Waals surface area contributed by atoms with E-state index in [0.717, 1.165) is 18.2 Å². The van der Waals surface area contributed by atoms with Gasteiger partial charge in [-0.3, -0.25) is 9.59 Å². The van der Waals surface area contributed by atoms with Gasteiger partial charge in [-0.15, -0.1) is 0 Å². The average molecular weight is 1090 g/mol. The lowest BCUT2D eigenvalue weighted by Gasteiger charge is -2.24. The van der Waals surface area contributed by atoms with Crippen LogP contribution in [0.1, 0.15) is 48.0 Å². The van der Waals surface area contributed by atoms with Crippen molar-refractivity contribution in [3.63, 3.8) is 0 Å². The topological polar surface area (TPSA) is 495 Å². The molecule has 0 saturated carbocycles. The molecule has 0 saturated heterocycles. The Morgan fingerprint density at radius 1 is 0.554 bits per heavy atom. The van der Waals surface area contributed by atoms with Crippen LogP contribution in [-0.2, 0) is 47.8 Å². The molecule has 0 bridgehead atoms. The molecule has 438 valence electrons. The lowest BCUT2D eigenvalue weighted by molar-refractivity contribution is -0.135. The average Bonchev–Trinajstić information content (AvgIpc) is 3.38. The van der Waals surface area contributed by atoms with E-state index >= 15 is 0 Å². The lowest BCUT2D eigenvalue weighted by atomic mass is 9.88. The number of carboxylic acids is 4. The number of allylic oxidation sites excluding steroid dienone is 1. The van der Waals surface area contributed by atoms with Crippen molar-refractivity contribution in [3.05, 3.63) is 86.1 Å². The van der Waals surface area contributed by atoms with Crippen molar-refractivity contribution in [3.8, 4) is 0 Å². The van der Waals surface area contributed by atoms with Gasteiger partial charge in [0, 0.05) is 39.9 Å². The summed E-state index contributed by atoms with van der Waals surface area (Å²) < 4.78 is 13.4. The molecule has 0 aromatic carbocycles. The zero-order chi connectivity index (χ0) is 61.1. The van der Waals surface area contributed by atoms with Crippen LogP contribution in [0.3, 0.4) is 0 Å². The van der Waals surface area contributed by atoms with Gasteiger partial charge in [-0.05, 0) is 47.1 Å². The first-order chi connectivity index (χ1) is 34.4. The second-order valence-electron chi connectivity index (χ2n) is 12.5. The van der Waals surface area contributed by atoms with Crippen LogP contribution in [0.25, 0.3) is 0 Å². The number of carbonyl (C=O) groups is 7. The molecule has 0 fully saturated rings. The number of aliphatic hydroxyl groups excluding tert-OH is 12. The molecule has 0 unspecified atom stereocenters. The Hall–Kier alpha value is -6.09. The van der Waals surface area contributed by atoms with Crippen LogP contribution in [0.2, 0.25) is 0 Å². The van der Waals surface area contributed by atoms with Crippen molar-refractivity contribution in [2.45, 2.75) is 54.1 Å². The summed E-state index contributed by atoms with van der Waals surface area (Å²) >= 11 is 0. The number of rotatable bonds is 23. The molecule has 0 spiro atoms. The van der Waals surface area contributed by atoms with Gasteiger partial charge in [0.25, 0.3) is 0 Å². The Balaban J connectivity index is -0.0000000658. The molecule has 28 heteroatoms.